The topological polar surface area (TPSA) is 27.7 Å². The van der Waals surface area contributed by atoms with E-state index in [1.54, 1.807) is 18.2 Å². The van der Waals surface area contributed by atoms with Crippen LogP contribution in [0.25, 0.3) is 0 Å². The van der Waals surface area contributed by atoms with Crippen molar-refractivity contribution in [1.29, 1.82) is 0 Å². The number of quaternary nitrogens is 1. The van der Waals surface area contributed by atoms with Gasteiger partial charge in [-0.1, -0.05) is 38.0 Å². The van der Waals surface area contributed by atoms with Gasteiger partial charge in [-0.05, 0) is 12.1 Å². The number of ether oxygens (including phenoxy) is 3. The zero-order chi connectivity index (χ0) is 17.3. The highest BCUT2D eigenvalue weighted by molar-refractivity contribution is 5.54. The Bertz CT molecular complexity index is 511. The fourth-order valence-electron chi connectivity index (χ4n) is 2.07. The molecule has 0 saturated carbocycles. The van der Waals surface area contributed by atoms with Gasteiger partial charge in [0.05, 0.1) is 21.1 Å². The maximum Gasteiger partial charge on any atom is 0.203 e. The third kappa shape index (κ3) is 6.61. The zero-order valence-electron chi connectivity index (χ0n) is 14.5. The number of benzene rings is 1. The summed E-state index contributed by atoms with van der Waals surface area (Å²) in [4.78, 5) is 0. The fourth-order valence-corrected chi connectivity index (χ4v) is 2.07. The minimum atomic E-state index is 0.379. The maximum atomic E-state index is 5.77. The first-order valence-corrected chi connectivity index (χ1v) is 7.59. The third-order valence-corrected chi connectivity index (χ3v) is 2.80. The molecule has 0 atom stereocenters. The molecular weight excluding hydrogens is 290 g/mol. The van der Waals surface area contributed by atoms with E-state index in [2.05, 4.69) is 40.9 Å². The summed E-state index contributed by atoms with van der Waals surface area (Å²) in [5.74, 6) is 1.88. The van der Waals surface area contributed by atoms with Gasteiger partial charge in [-0.3, -0.25) is 0 Å². The van der Waals surface area contributed by atoms with E-state index >= 15 is 0 Å². The van der Waals surface area contributed by atoms with Crippen molar-refractivity contribution >= 4 is 0 Å². The first kappa shape index (κ1) is 18.8. The molecule has 1 rings (SSSR count). The summed E-state index contributed by atoms with van der Waals surface area (Å²) in [5, 5.41) is 0. The first-order valence-electron chi connectivity index (χ1n) is 7.59. The fraction of sp³-hybridized carbons (Fsp3) is 0.368. The molecule has 4 heteroatoms. The van der Waals surface area contributed by atoms with Crippen LogP contribution in [0, 0.1) is 0 Å². The normalized spacial score (nSPS) is 10.7. The van der Waals surface area contributed by atoms with E-state index in [1.807, 2.05) is 12.1 Å². The van der Waals surface area contributed by atoms with Crippen LogP contribution >= 0.6 is 0 Å². The highest BCUT2D eigenvalue weighted by Gasteiger charge is 2.18. The molecule has 0 fully saturated rings. The highest BCUT2D eigenvalue weighted by Crippen LogP contribution is 2.39. The van der Waals surface area contributed by atoms with E-state index in [1.165, 1.54) is 0 Å². The van der Waals surface area contributed by atoms with Crippen LogP contribution in [0.5, 0.6) is 17.2 Å². The van der Waals surface area contributed by atoms with E-state index in [0.29, 0.717) is 37.1 Å². The average Bonchev–Trinajstić information content (AvgIpc) is 2.47. The van der Waals surface area contributed by atoms with Crippen LogP contribution in [-0.4, -0.2) is 45.4 Å². The molecule has 23 heavy (non-hydrogen) atoms. The molecule has 0 saturated heterocycles. The van der Waals surface area contributed by atoms with Gasteiger partial charge in [0.2, 0.25) is 5.75 Å². The second-order valence-corrected chi connectivity index (χ2v) is 6.17. The van der Waals surface area contributed by atoms with Crippen molar-refractivity contribution in [3.63, 3.8) is 0 Å². The Kier molecular flexibility index (Phi) is 7.42. The smallest absolute Gasteiger partial charge is 0.203 e. The van der Waals surface area contributed by atoms with Crippen LogP contribution in [0.3, 0.4) is 0 Å². The van der Waals surface area contributed by atoms with Crippen molar-refractivity contribution in [2.24, 2.45) is 0 Å². The molecule has 0 spiro atoms. The first-order chi connectivity index (χ1) is 10.9. The molecule has 0 unspecified atom stereocenters. The summed E-state index contributed by atoms with van der Waals surface area (Å²) in [6, 6.07) is 3.98. The number of nitrogens with zero attached hydrogens (tertiary/aromatic N) is 1. The van der Waals surface area contributed by atoms with Crippen LogP contribution in [0.2, 0.25) is 0 Å². The summed E-state index contributed by atoms with van der Waals surface area (Å²) < 4.78 is 18.1. The highest BCUT2D eigenvalue weighted by atomic mass is 16.5. The largest absolute Gasteiger partial charge is 0.485 e. The molecule has 1 aromatic carbocycles. The molecule has 0 aliphatic carbocycles. The predicted octanol–water partition coefficient (Wildman–Crippen LogP) is 3.59. The summed E-state index contributed by atoms with van der Waals surface area (Å²) in [5.41, 5.74) is 1.11. The molecule has 1 aromatic rings. The van der Waals surface area contributed by atoms with Gasteiger partial charge in [0, 0.05) is 5.56 Å². The number of rotatable bonds is 11. The second-order valence-electron chi connectivity index (χ2n) is 6.17. The lowest BCUT2D eigenvalue weighted by Crippen LogP contribution is -2.33. The maximum absolute atomic E-state index is 5.77. The van der Waals surface area contributed by atoms with Gasteiger partial charge in [-0.15, -0.1) is 0 Å². The number of hydrogen-bond donors (Lipinski definition) is 0. The van der Waals surface area contributed by atoms with Gasteiger partial charge in [0.15, 0.2) is 11.5 Å². The molecule has 126 valence electrons. The van der Waals surface area contributed by atoms with Crippen molar-refractivity contribution in [1.82, 2.24) is 0 Å². The predicted molar refractivity (Wildman–Crippen MR) is 95.3 cm³/mol. The van der Waals surface area contributed by atoms with Crippen LogP contribution in [0.4, 0.5) is 0 Å². The lowest BCUT2D eigenvalue weighted by atomic mass is 10.1. The zero-order valence-corrected chi connectivity index (χ0v) is 14.5. The SMILES string of the molecule is C=CCOc1cc(C[N+](C)(C)C)cc(OCC=C)c1OCC=C. The molecule has 0 aromatic heterocycles. The van der Waals surface area contributed by atoms with Gasteiger partial charge in [0.1, 0.15) is 26.4 Å². The van der Waals surface area contributed by atoms with E-state index in [0.717, 1.165) is 16.6 Å². The molecule has 0 aliphatic rings. The van der Waals surface area contributed by atoms with Gasteiger partial charge in [-0.2, -0.15) is 0 Å². The Labute approximate surface area is 139 Å². The Morgan fingerprint density at radius 3 is 1.65 bits per heavy atom. The van der Waals surface area contributed by atoms with E-state index in [4.69, 9.17) is 14.2 Å². The van der Waals surface area contributed by atoms with Gasteiger partial charge >= 0.3 is 0 Å². The monoisotopic (exact) mass is 318 g/mol. The van der Waals surface area contributed by atoms with Crippen molar-refractivity contribution in [3.05, 3.63) is 55.7 Å². The average molecular weight is 318 g/mol. The molecule has 0 radical (unpaired) electrons. The van der Waals surface area contributed by atoms with Crippen LogP contribution in [0.15, 0.2) is 50.1 Å². The lowest BCUT2D eigenvalue weighted by molar-refractivity contribution is -0.884. The van der Waals surface area contributed by atoms with Crippen molar-refractivity contribution in [2.45, 2.75) is 6.54 Å². The van der Waals surface area contributed by atoms with Crippen molar-refractivity contribution in [3.8, 4) is 17.2 Å². The lowest BCUT2D eigenvalue weighted by Gasteiger charge is -2.25. The van der Waals surface area contributed by atoms with Crippen LogP contribution < -0.4 is 14.2 Å². The molecule has 0 N–H and O–H groups in total. The Hall–Kier alpha value is -2.20. The van der Waals surface area contributed by atoms with Gasteiger partial charge in [0.25, 0.3) is 0 Å². The molecule has 0 bridgehead atoms. The molecular formula is C19H28NO3+. The second kappa shape index (κ2) is 9.06. The summed E-state index contributed by atoms with van der Waals surface area (Å²) >= 11 is 0. The Balaban J connectivity index is 3.26. The summed E-state index contributed by atoms with van der Waals surface area (Å²) in [6.45, 7) is 13.1. The molecule has 0 amide bonds. The Morgan fingerprint density at radius 2 is 1.26 bits per heavy atom. The van der Waals surface area contributed by atoms with Gasteiger partial charge < -0.3 is 18.7 Å². The van der Waals surface area contributed by atoms with Crippen molar-refractivity contribution in [2.75, 3.05) is 41.0 Å². The minimum absolute atomic E-state index is 0.379. The molecule has 4 nitrogen and oxygen atoms in total. The quantitative estimate of drug-likeness (QED) is 0.461. The van der Waals surface area contributed by atoms with E-state index in [9.17, 15) is 0 Å². The van der Waals surface area contributed by atoms with Crippen LogP contribution in [-0.2, 0) is 6.54 Å². The molecule has 0 heterocycles. The minimum Gasteiger partial charge on any atom is -0.485 e. The molecule has 0 aliphatic heterocycles. The summed E-state index contributed by atoms with van der Waals surface area (Å²) in [7, 11) is 6.41. The van der Waals surface area contributed by atoms with E-state index in [-0.39, 0.29) is 0 Å². The van der Waals surface area contributed by atoms with Crippen LogP contribution in [0.1, 0.15) is 5.56 Å². The summed E-state index contributed by atoms with van der Waals surface area (Å²) in [6.07, 6.45) is 5.09. The standard InChI is InChI=1S/C19H28NO3/c1-7-10-21-17-13-16(15-20(4,5)6)14-18(22-11-8-2)19(17)23-12-9-3/h7-9,13-14H,1-3,10-12,15H2,4-6H3/q+1. The van der Waals surface area contributed by atoms with Gasteiger partial charge in [-0.25, -0.2) is 0 Å². The van der Waals surface area contributed by atoms with E-state index < -0.39 is 0 Å². The third-order valence-electron chi connectivity index (χ3n) is 2.80. The van der Waals surface area contributed by atoms with Crippen molar-refractivity contribution < 1.29 is 18.7 Å². The Morgan fingerprint density at radius 1 is 0.826 bits per heavy atom. The number of hydrogen-bond acceptors (Lipinski definition) is 3.